The van der Waals surface area contributed by atoms with Crippen LogP contribution in [0.15, 0.2) is 53.4 Å². The van der Waals surface area contributed by atoms with Crippen LogP contribution >= 0.6 is 11.6 Å². The summed E-state index contributed by atoms with van der Waals surface area (Å²) in [6.07, 6.45) is 2.35. The molecular formula is C21H24ClN3O3S. The third-order valence-corrected chi connectivity index (χ3v) is 7.59. The lowest BCUT2D eigenvalue weighted by Gasteiger charge is -2.25. The Morgan fingerprint density at radius 2 is 1.62 bits per heavy atom. The van der Waals surface area contributed by atoms with Gasteiger partial charge in [-0.25, -0.2) is 8.42 Å². The van der Waals surface area contributed by atoms with E-state index >= 15 is 0 Å². The maximum absolute atomic E-state index is 13.4. The summed E-state index contributed by atoms with van der Waals surface area (Å²) in [5, 5.41) is 0.585. The lowest BCUT2D eigenvalue weighted by atomic mass is 10.2. The number of fused-ring (bicyclic) bond motifs is 1. The Kier molecular flexibility index (Phi) is 5.92. The van der Waals surface area contributed by atoms with Crippen molar-refractivity contribution in [3.63, 3.8) is 0 Å². The smallest absolute Gasteiger partial charge is 0.245 e. The van der Waals surface area contributed by atoms with E-state index in [1.807, 2.05) is 0 Å². The summed E-state index contributed by atoms with van der Waals surface area (Å²) in [4.78, 5) is 17.2. The fraction of sp³-hybridized carbons (Fsp3) is 0.381. The summed E-state index contributed by atoms with van der Waals surface area (Å²) in [7, 11) is -3.81. The molecule has 29 heavy (non-hydrogen) atoms. The highest BCUT2D eigenvalue weighted by Crippen LogP contribution is 2.32. The summed E-state index contributed by atoms with van der Waals surface area (Å²) in [5.41, 5.74) is 1.25. The summed E-state index contributed by atoms with van der Waals surface area (Å²) in [6, 6.07) is 13.8. The summed E-state index contributed by atoms with van der Waals surface area (Å²) in [6.45, 7) is 3.24. The van der Waals surface area contributed by atoms with Crippen LogP contribution in [0.2, 0.25) is 5.02 Å². The lowest BCUT2D eigenvalue weighted by molar-refractivity contribution is -0.118. The molecule has 0 saturated carbocycles. The SMILES string of the molecule is O=C1CN(Cc2ccc(Cl)cc2)S(=O)(=O)c2ccccc2N1CCN1CCCC1. The van der Waals surface area contributed by atoms with E-state index in [1.54, 1.807) is 53.4 Å². The molecule has 0 aromatic heterocycles. The van der Waals surface area contributed by atoms with E-state index in [1.165, 1.54) is 17.1 Å². The molecule has 2 aliphatic rings. The van der Waals surface area contributed by atoms with Gasteiger partial charge in [-0.1, -0.05) is 35.9 Å². The standard InChI is InChI=1S/C21H24ClN3O3S/c22-18-9-7-17(8-10-18)15-24-16-21(26)25(14-13-23-11-3-4-12-23)19-5-1-2-6-20(19)29(24,27)28/h1-2,5-10H,3-4,11-16H2. The molecule has 2 aromatic carbocycles. The first-order chi connectivity index (χ1) is 13.9. The highest BCUT2D eigenvalue weighted by molar-refractivity contribution is 7.89. The largest absolute Gasteiger partial charge is 0.309 e. The Balaban J connectivity index is 1.64. The Labute approximate surface area is 176 Å². The van der Waals surface area contributed by atoms with Crippen molar-refractivity contribution in [3.8, 4) is 0 Å². The molecule has 1 fully saturated rings. The molecule has 154 valence electrons. The third-order valence-electron chi connectivity index (χ3n) is 5.50. The van der Waals surface area contributed by atoms with Crippen LogP contribution in [-0.2, 0) is 21.4 Å². The van der Waals surface area contributed by atoms with Crippen molar-refractivity contribution in [1.82, 2.24) is 9.21 Å². The van der Waals surface area contributed by atoms with Crippen molar-refractivity contribution in [2.24, 2.45) is 0 Å². The molecule has 0 radical (unpaired) electrons. The Morgan fingerprint density at radius 3 is 2.34 bits per heavy atom. The van der Waals surface area contributed by atoms with Gasteiger partial charge in [-0.3, -0.25) is 4.79 Å². The number of nitrogens with zero attached hydrogens (tertiary/aromatic N) is 3. The molecule has 0 bridgehead atoms. The normalized spacial score (nSPS) is 19.9. The number of para-hydroxylation sites is 1. The van der Waals surface area contributed by atoms with Gasteiger partial charge >= 0.3 is 0 Å². The minimum absolute atomic E-state index is 0.125. The predicted molar refractivity (Wildman–Crippen MR) is 114 cm³/mol. The van der Waals surface area contributed by atoms with E-state index in [0.717, 1.165) is 25.2 Å². The minimum atomic E-state index is -3.81. The highest BCUT2D eigenvalue weighted by atomic mass is 35.5. The van der Waals surface area contributed by atoms with Crippen molar-refractivity contribution < 1.29 is 13.2 Å². The van der Waals surface area contributed by atoms with Crippen LogP contribution < -0.4 is 4.90 Å². The molecule has 0 aliphatic carbocycles. The molecule has 1 amide bonds. The van der Waals surface area contributed by atoms with Crippen LogP contribution in [0.3, 0.4) is 0 Å². The zero-order chi connectivity index (χ0) is 20.4. The number of anilines is 1. The molecule has 0 atom stereocenters. The van der Waals surface area contributed by atoms with Gasteiger partial charge in [0.25, 0.3) is 0 Å². The monoisotopic (exact) mass is 433 g/mol. The van der Waals surface area contributed by atoms with Gasteiger partial charge in [-0.05, 0) is 55.8 Å². The van der Waals surface area contributed by atoms with Crippen LogP contribution in [0, 0.1) is 0 Å². The number of hydrogen-bond donors (Lipinski definition) is 0. The van der Waals surface area contributed by atoms with Crippen LogP contribution in [-0.4, -0.2) is 56.3 Å². The molecule has 0 spiro atoms. The van der Waals surface area contributed by atoms with Crippen LogP contribution in [0.5, 0.6) is 0 Å². The number of carbonyl (C=O) groups excluding carboxylic acids is 1. The second kappa shape index (κ2) is 8.44. The topological polar surface area (TPSA) is 60.9 Å². The van der Waals surface area contributed by atoms with Gasteiger partial charge in [0, 0.05) is 24.7 Å². The molecule has 8 heteroatoms. The van der Waals surface area contributed by atoms with Crippen molar-refractivity contribution in [1.29, 1.82) is 0 Å². The molecule has 1 saturated heterocycles. The number of rotatable bonds is 5. The predicted octanol–water partition coefficient (Wildman–Crippen LogP) is 2.97. The number of benzene rings is 2. The molecule has 2 aliphatic heterocycles. The molecular weight excluding hydrogens is 410 g/mol. The fourth-order valence-electron chi connectivity index (χ4n) is 3.92. The van der Waals surface area contributed by atoms with Crippen LogP contribution in [0.4, 0.5) is 5.69 Å². The molecule has 2 heterocycles. The van der Waals surface area contributed by atoms with Gasteiger partial charge in [0.05, 0.1) is 12.2 Å². The van der Waals surface area contributed by atoms with E-state index in [0.29, 0.717) is 17.3 Å². The summed E-state index contributed by atoms with van der Waals surface area (Å²) < 4.78 is 28.0. The van der Waals surface area contributed by atoms with Crippen molar-refractivity contribution in [2.45, 2.75) is 24.3 Å². The number of carbonyl (C=O) groups is 1. The second-order valence-electron chi connectivity index (χ2n) is 7.46. The highest BCUT2D eigenvalue weighted by Gasteiger charge is 2.36. The lowest BCUT2D eigenvalue weighted by Crippen LogP contribution is -2.42. The maximum atomic E-state index is 13.4. The van der Waals surface area contributed by atoms with Crippen LogP contribution in [0.1, 0.15) is 18.4 Å². The summed E-state index contributed by atoms with van der Waals surface area (Å²) >= 11 is 5.94. The molecule has 2 aromatic rings. The van der Waals surface area contributed by atoms with E-state index in [4.69, 9.17) is 11.6 Å². The van der Waals surface area contributed by atoms with Gasteiger partial charge in [0.1, 0.15) is 4.90 Å². The maximum Gasteiger partial charge on any atom is 0.245 e. The quantitative estimate of drug-likeness (QED) is 0.727. The Bertz CT molecular complexity index is 988. The third kappa shape index (κ3) is 4.33. The zero-order valence-corrected chi connectivity index (χ0v) is 17.7. The Morgan fingerprint density at radius 1 is 0.931 bits per heavy atom. The van der Waals surface area contributed by atoms with E-state index in [-0.39, 0.29) is 23.9 Å². The number of sulfonamides is 1. The average molecular weight is 434 g/mol. The van der Waals surface area contributed by atoms with Crippen molar-refractivity contribution in [2.75, 3.05) is 37.6 Å². The van der Waals surface area contributed by atoms with Gasteiger partial charge in [-0.2, -0.15) is 4.31 Å². The number of halogens is 1. The molecule has 4 rings (SSSR count). The molecule has 6 nitrogen and oxygen atoms in total. The zero-order valence-electron chi connectivity index (χ0n) is 16.1. The number of likely N-dealkylation sites (tertiary alicyclic amines) is 1. The average Bonchev–Trinajstić information content (AvgIpc) is 3.20. The van der Waals surface area contributed by atoms with Gasteiger partial charge in [0.2, 0.25) is 15.9 Å². The van der Waals surface area contributed by atoms with Crippen LogP contribution in [0.25, 0.3) is 0 Å². The summed E-state index contributed by atoms with van der Waals surface area (Å²) in [5.74, 6) is -0.202. The first-order valence-electron chi connectivity index (χ1n) is 9.81. The van der Waals surface area contributed by atoms with E-state index in [2.05, 4.69) is 4.90 Å². The first kappa shape index (κ1) is 20.3. The van der Waals surface area contributed by atoms with Gasteiger partial charge in [0.15, 0.2) is 0 Å². The second-order valence-corrected chi connectivity index (χ2v) is 9.80. The molecule has 0 N–H and O–H groups in total. The van der Waals surface area contributed by atoms with Gasteiger partial charge in [-0.15, -0.1) is 0 Å². The van der Waals surface area contributed by atoms with E-state index < -0.39 is 10.0 Å². The van der Waals surface area contributed by atoms with Crippen molar-refractivity contribution in [3.05, 3.63) is 59.1 Å². The first-order valence-corrected chi connectivity index (χ1v) is 11.6. The molecule has 0 unspecified atom stereocenters. The minimum Gasteiger partial charge on any atom is -0.309 e. The van der Waals surface area contributed by atoms with Crippen molar-refractivity contribution >= 4 is 33.2 Å². The Hall–Kier alpha value is -1.93. The van der Waals surface area contributed by atoms with Gasteiger partial charge < -0.3 is 9.80 Å². The fourth-order valence-corrected chi connectivity index (χ4v) is 5.62. The van der Waals surface area contributed by atoms with E-state index in [9.17, 15) is 13.2 Å². The number of amides is 1. The number of hydrogen-bond acceptors (Lipinski definition) is 4.